The van der Waals surface area contributed by atoms with E-state index >= 15 is 0 Å². The van der Waals surface area contributed by atoms with Crippen molar-refractivity contribution in [3.8, 4) is 11.7 Å². The predicted molar refractivity (Wildman–Crippen MR) is 123 cm³/mol. The number of hydrogen-bond donors (Lipinski definition) is 0. The summed E-state index contributed by atoms with van der Waals surface area (Å²) >= 11 is 0. The largest absolute Gasteiger partial charge is 0.474 e. The summed E-state index contributed by atoms with van der Waals surface area (Å²) in [5.74, 6) is 0.244. The summed E-state index contributed by atoms with van der Waals surface area (Å²) in [4.78, 5) is 27.2. The predicted octanol–water partition coefficient (Wildman–Crippen LogP) is 3.70. The molecule has 186 valence electrons. The van der Waals surface area contributed by atoms with Crippen molar-refractivity contribution in [3.63, 3.8) is 0 Å². The zero-order valence-corrected chi connectivity index (χ0v) is 19.4. The fourth-order valence-corrected chi connectivity index (χ4v) is 4.67. The third-order valence-corrected chi connectivity index (χ3v) is 6.48. The molecule has 1 aliphatic heterocycles. The van der Waals surface area contributed by atoms with Gasteiger partial charge in [-0.25, -0.2) is 13.8 Å². The van der Waals surface area contributed by atoms with Crippen molar-refractivity contribution in [2.75, 3.05) is 38.3 Å². The van der Waals surface area contributed by atoms with E-state index in [-0.39, 0.29) is 29.6 Å². The maximum atomic E-state index is 14.0. The van der Waals surface area contributed by atoms with Crippen LogP contribution in [0.1, 0.15) is 37.9 Å². The molecular weight excluding hydrogens is 460 g/mol. The summed E-state index contributed by atoms with van der Waals surface area (Å²) in [6, 6.07) is 8.54. The number of methoxy groups -OCH3 is 1. The van der Waals surface area contributed by atoms with Gasteiger partial charge in [0.2, 0.25) is 11.8 Å². The highest BCUT2D eigenvalue weighted by Gasteiger charge is 2.29. The molecule has 5 rings (SSSR count). The first-order valence-corrected chi connectivity index (χ1v) is 11.8. The summed E-state index contributed by atoms with van der Waals surface area (Å²) in [5, 5.41) is 0. The Morgan fingerprint density at radius 1 is 1.09 bits per heavy atom. The summed E-state index contributed by atoms with van der Waals surface area (Å²) in [6.45, 7) is 2.22. The molecule has 0 amide bonds. The number of rotatable bonds is 6. The Hall–Kier alpha value is -3.34. The Morgan fingerprint density at radius 2 is 1.83 bits per heavy atom. The van der Waals surface area contributed by atoms with Gasteiger partial charge in [0.25, 0.3) is 6.43 Å². The second-order valence-corrected chi connectivity index (χ2v) is 8.67. The fraction of sp³-hybridized carbons (Fsp3) is 0.500. The molecule has 0 N–H and O–H groups in total. The topological polar surface area (TPSA) is 91.6 Å². The highest BCUT2D eigenvalue weighted by atomic mass is 19.3. The highest BCUT2D eigenvalue weighted by Crippen LogP contribution is 2.32. The van der Waals surface area contributed by atoms with Crippen LogP contribution in [0, 0.1) is 5.92 Å². The smallest absolute Gasteiger partial charge is 0.308 e. The van der Waals surface area contributed by atoms with Crippen molar-refractivity contribution in [1.82, 2.24) is 19.5 Å². The minimum absolute atomic E-state index is 0.129. The maximum absolute atomic E-state index is 14.0. The molecule has 0 atom stereocenters. The lowest BCUT2D eigenvalue weighted by atomic mass is 9.87. The van der Waals surface area contributed by atoms with Crippen LogP contribution in [0.15, 0.2) is 30.3 Å². The molecule has 9 nitrogen and oxygen atoms in total. The number of morpholine rings is 1. The van der Waals surface area contributed by atoms with Crippen LogP contribution in [-0.4, -0.2) is 65.0 Å². The van der Waals surface area contributed by atoms with Crippen LogP contribution in [0.4, 0.5) is 14.7 Å². The van der Waals surface area contributed by atoms with Gasteiger partial charge in [0.15, 0.2) is 5.82 Å². The number of halogens is 2. The second kappa shape index (κ2) is 10.1. The van der Waals surface area contributed by atoms with Crippen LogP contribution in [0.25, 0.3) is 16.9 Å². The Labute approximate surface area is 201 Å². The molecule has 0 radical (unpaired) electrons. The lowest BCUT2D eigenvalue weighted by Gasteiger charge is -2.29. The molecular formula is C24H27F2N5O4. The van der Waals surface area contributed by atoms with Crippen LogP contribution in [-0.2, 0) is 14.3 Å². The van der Waals surface area contributed by atoms with Crippen LogP contribution in [0.3, 0.4) is 0 Å². The van der Waals surface area contributed by atoms with E-state index in [2.05, 4.69) is 15.0 Å². The van der Waals surface area contributed by atoms with Gasteiger partial charge in [-0.2, -0.15) is 9.97 Å². The molecule has 3 heterocycles. The molecule has 2 fully saturated rings. The maximum Gasteiger partial charge on any atom is 0.308 e. The van der Waals surface area contributed by atoms with Gasteiger partial charge in [-0.3, -0.25) is 9.36 Å². The Balaban J connectivity index is 1.50. The van der Waals surface area contributed by atoms with Crippen LogP contribution >= 0.6 is 0 Å². The molecule has 0 unspecified atom stereocenters. The SMILES string of the molecule is COC(=O)C1CCC(Oc2cc(-n3c(C(F)F)nc4ccccc43)nc(N3CCOCC3)n2)CC1. The Morgan fingerprint density at radius 3 is 2.54 bits per heavy atom. The normalized spacial score (nSPS) is 20.9. The summed E-state index contributed by atoms with van der Waals surface area (Å²) in [7, 11) is 1.40. The number of aromatic nitrogens is 4. The average molecular weight is 488 g/mol. The molecule has 1 aliphatic carbocycles. The minimum Gasteiger partial charge on any atom is -0.474 e. The van der Waals surface area contributed by atoms with Crippen LogP contribution < -0.4 is 9.64 Å². The second-order valence-electron chi connectivity index (χ2n) is 8.67. The lowest BCUT2D eigenvalue weighted by Crippen LogP contribution is -2.37. The van der Waals surface area contributed by atoms with Gasteiger partial charge in [0.05, 0.1) is 37.3 Å². The van der Waals surface area contributed by atoms with Crippen LogP contribution in [0.5, 0.6) is 5.88 Å². The van der Waals surface area contributed by atoms with Crippen molar-refractivity contribution in [3.05, 3.63) is 36.2 Å². The molecule has 35 heavy (non-hydrogen) atoms. The summed E-state index contributed by atoms with van der Waals surface area (Å²) < 4.78 is 45.9. The van der Waals surface area contributed by atoms with Crippen molar-refractivity contribution < 1.29 is 27.8 Å². The Kier molecular flexibility index (Phi) is 6.76. The van der Waals surface area contributed by atoms with Crippen molar-refractivity contribution in [2.24, 2.45) is 5.92 Å². The number of esters is 1. The number of carbonyl (C=O) groups is 1. The first-order valence-electron chi connectivity index (χ1n) is 11.8. The number of fused-ring (bicyclic) bond motifs is 1. The quantitative estimate of drug-likeness (QED) is 0.486. The van der Waals surface area contributed by atoms with E-state index in [0.29, 0.717) is 74.8 Å². The van der Waals surface area contributed by atoms with Gasteiger partial charge < -0.3 is 19.1 Å². The third kappa shape index (κ3) is 4.90. The van der Waals surface area contributed by atoms with Gasteiger partial charge >= 0.3 is 5.97 Å². The van der Waals surface area contributed by atoms with Crippen molar-refractivity contribution in [2.45, 2.75) is 38.2 Å². The number of para-hydroxylation sites is 2. The molecule has 1 aromatic carbocycles. The van der Waals surface area contributed by atoms with E-state index in [0.717, 1.165) is 0 Å². The molecule has 0 bridgehead atoms. The number of alkyl halides is 2. The van der Waals surface area contributed by atoms with Gasteiger partial charge in [-0.15, -0.1) is 0 Å². The number of benzene rings is 1. The first-order chi connectivity index (χ1) is 17.0. The minimum atomic E-state index is -2.79. The van der Waals surface area contributed by atoms with E-state index < -0.39 is 6.43 Å². The Bertz CT molecular complexity index is 1190. The fourth-order valence-electron chi connectivity index (χ4n) is 4.67. The third-order valence-electron chi connectivity index (χ3n) is 6.48. The highest BCUT2D eigenvalue weighted by molar-refractivity contribution is 5.78. The van der Waals surface area contributed by atoms with E-state index in [9.17, 15) is 13.6 Å². The molecule has 1 saturated heterocycles. The number of ether oxygens (including phenoxy) is 3. The van der Waals surface area contributed by atoms with E-state index in [1.54, 1.807) is 30.3 Å². The van der Waals surface area contributed by atoms with E-state index in [4.69, 9.17) is 14.2 Å². The zero-order valence-electron chi connectivity index (χ0n) is 19.4. The standard InChI is InChI=1S/C24H27F2N5O4/c1-33-23(32)15-6-8-16(9-7-15)35-20-14-19(28-24(29-20)30-10-12-34-13-11-30)31-18-5-3-2-4-17(18)27-22(31)21(25)26/h2-5,14-16,21H,6-13H2,1H3. The molecule has 0 spiro atoms. The number of hydrogen-bond acceptors (Lipinski definition) is 8. The molecule has 2 aliphatic rings. The van der Waals surface area contributed by atoms with Crippen LogP contribution in [0.2, 0.25) is 0 Å². The van der Waals surface area contributed by atoms with Gasteiger partial charge in [0, 0.05) is 19.2 Å². The molecule has 3 aromatic rings. The number of imidazole rings is 1. The molecule has 11 heteroatoms. The summed E-state index contributed by atoms with van der Waals surface area (Å²) in [5.41, 5.74) is 0.983. The van der Waals surface area contributed by atoms with E-state index in [1.807, 2.05) is 4.90 Å². The average Bonchev–Trinajstić information content (AvgIpc) is 3.29. The van der Waals surface area contributed by atoms with Crippen molar-refractivity contribution >= 4 is 23.0 Å². The van der Waals surface area contributed by atoms with Gasteiger partial charge in [-0.05, 0) is 37.8 Å². The molecule has 1 saturated carbocycles. The number of carbonyl (C=O) groups excluding carboxylic acids is 1. The number of anilines is 1. The zero-order chi connectivity index (χ0) is 24.4. The van der Waals surface area contributed by atoms with Gasteiger partial charge in [0.1, 0.15) is 11.9 Å². The summed E-state index contributed by atoms with van der Waals surface area (Å²) in [6.07, 6.45) is -0.280. The monoisotopic (exact) mass is 487 g/mol. The lowest BCUT2D eigenvalue weighted by molar-refractivity contribution is -0.147. The molecule has 2 aromatic heterocycles. The van der Waals surface area contributed by atoms with Gasteiger partial charge in [-0.1, -0.05) is 12.1 Å². The van der Waals surface area contributed by atoms with E-state index in [1.165, 1.54) is 11.7 Å². The van der Waals surface area contributed by atoms with Crippen molar-refractivity contribution in [1.29, 1.82) is 0 Å². The first kappa shape index (κ1) is 23.4. The number of nitrogens with zero attached hydrogens (tertiary/aromatic N) is 5.